The number of methoxy groups -OCH3 is 1. The summed E-state index contributed by atoms with van der Waals surface area (Å²) in [6.07, 6.45) is 2.18. The third-order valence-electron chi connectivity index (χ3n) is 3.51. The van der Waals surface area contributed by atoms with E-state index in [4.69, 9.17) is 27.9 Å². The molecular weight excluding hydrogens is 271 g/mol. The molecule has 1 saturated heterocycles. The van der Waals surface area contributed by atoms with Crippen molar-refractivity contribution in [2.24, 2.45) is 0 Å². The Bertz CT molecular complexity index is 427. The molecule has 0 bridgehead atoms. The number of hydrogen-bond acceptors (Lipinski definition) is 3. The monoisotopic (exact) mass is 288 g/mol. The Balaban J connectivity index is 2.21. The molecule has 0 aromatic carbocycles. The molecule has 0 radical (unpaired) electrons. The molecule has 3 nitrogen and oxygen atoms in total. The topological polar surface area (TPSA) is 25.4 Å². The van der Waals surface area contributed by atoms with E-state index in [1.54, 1.807) is 7.11 Å². The highest BCUT2D eigenvalue weighted by Gasteiger charge is 2.31. The van der Waals surface area contributed by atoms with Crippen LogP contribution in [0.3, 0.4) is 0 Å². The average molecular weight is 289 g/mol. The highest BCUT2D eigenvalue weighted by Crippen LogP contribution is 2.28. The van der Waals surface area contributed by atoms with Gasteiger partial charge in [0.05, 0.1) is 22.2 Å². The maximum atomic E-state index is 6.03. The summed E-state index contributed by atoms with van der Waals surface area (Å²) in [5.74, 6) is 1.26. The number of ether oxygens (including phenoxy) is 1. The zero-order chi connectivity index (χ0) is 13.2. The van der Waals surface area contributed by atoms with Gasteiger partial charge in [-0.2, -0.15) is 0 Å². The fourth-order valence-electron chi connectivity index (χ4n) is 2.31. The summed E-state index contributed by atoms with van der Waals surface area (Å²) in [6, 6.07) is 3.81. The second-order valence-electron chi connectivity index (χ2n) is 4.91. The molecule has 1 aromatic rings. The van der Waals surface area contributed by atoms with Crippen molar-refractivity contribution in [3.05, 3.63) is 22.8 Å². The molecular formula is C13H18Cl2N2O. The number of anilines is 1. The van der Waals surface area contributed by atoms with E-state index >= 15 is 0 Å². The molecule has 1 aliphatic rings. The van der Waals surface area contributed by atoms with Crippen LogP contribution in [0.1, 0.15) is 25.5 Å². The Labute approximate surface area is 118 Å². The zero-order valence-electron chi connectivity index (χ0n) is 10.7. The first-order chi connectivity index (χ1) is 8.58. The quantitative estimate of drug-likeness (QED) is 0.797. The van der Waals surface area contributed by atoms with Crippen molar-refractivity contribution in [2.45, 2.75) is 31.2 Å². The normalized spacial score (nSPS) is 24.3. The van der Waals surface area contributed by atoms with Crippen LogP contribution in [-0.4, -0.2) is 30.8 Å². The summed E-state index contributed by atoms with van der Waals surface area (Å²) in [4.78, 5) is 6.76. The van der Waals surface area contributed by atoms with Crippen molar-refractivity contribution in [3.8, 4) is 0 Å². The largest absolute Gasteiger partial charge is 0.377 e. The SMILES string of the molecule is COC1(C)CCCN(c2ccc(Cl)c(CCl)n2)C1. The van der Waals surface area contributed by atoms with Gasteiger partial charge in [0, 0.05) is 20.2 Å². The van der Waals surface area contributed by atoms with Crippen molar-refractivity contribution >= 4 is 29.0 Å². The van der Waals surface area contributed by atoms with Gasteiger partial charge in [-0.15, -0.1) is 11.6 Å². The Morgan fingerprint density at radius 1 is 1.50 bits per heavy atom. The smallest absolute Gasteiger partial charge is 0.129 e. The lowest BCUT2D eigenvalue weighted by atomic mass is 9.95. The Kier molecular flexibility index (Phi) is 4.36. The second kappa shape index (κ2) is 5.64. The van der Waals surface area contributed by atoms with Gasteiger partial charge >= 0.3 is 0 Å². The van der Waals surface area contributed by atoms with E-state index in [0.29, 0.717) is 10.9 Å². The molecule has 0 N–H and O–H groups in total. The first-order valence-electron chi connectivity index (χ1n) is 6.09. The highest BCUT2D eigenvalue weighted by atomic mass is 35.5. The van der Waals surface area contributed by atoms with E-state index in [1.807, 2.05) is 12.1 Å². The third kappa shape index (κ3) is 2.90. The van der Waals surface area contributed by atoms with Crippen LogP contribution in [-0.2, 0) is 10.6 Å². The van der Waals surface area contributed by atoms with Crippen molar-refractivity contribution in [1.82, 2.24) is 4.98 Å². The molecule has 2 rings (SSSR count). The minimum Gasteiger partial charge on any atom is -0.377 e. The molecule has 0 amide bonds. The maximum absolute atomic E-state index is 6.03. The van der Waals surface area contributed by atoms with Crippen molar-refractivity contribution in [3.63, 3.8) is 0 Å². The maximum Gasteiger partial charge on any atom is 0.129 e. The lowest BCUT2D eigenvalue weighted by Crippen LogP contribution is -2.47. The number of aromatic nitrogens is 1. The molecule has 1 unspecified atom stereocenters. The summed E-state index contributed by atoms with van der Waals surface area (Å²) >= 11 is 11.9. The van der Waals surface area contributed by atoms with Gasteiger partial charge in [0.1, 0.15) is 5.82 Å². The number of alkyl halides is 1. The van der Waals surface area contributed by atoms with E-state index in [9.17, 15) is 0 Å². The minimum absolute atomic E-state index is 0.0965. The van der Waals surface area contributed by atoms with Gasteiger partial charge in [0.25, 0.3) is 0 Å². The van der Waals surface area contributed by atoms with E-state index in [1.165, 1.54) is 0 Å². The van der Waals surface area contributed by atoms with Crippen LogP contribution in [0.25, 0.3) is 0 Å². The summed E-state index contributed by atoms with van der Waals surface area (Å²) in [5, 5.41) is 0.625. The molecule has 1 aliphatic heterocycles. The first-order valence-corrected chi connectivity index (χ1v) is 7.01. The van der Waals surface area contributed by atoms with Gasteiger partial charge in [0.2, 0.25) is 0 Å². The number of halogens is 2. The fourth-order valence-corrected chi connectivity index (χ4v) is 2.75. The first kappa shape index (κ1) is 13.9. The Morgan fingerprint density at radius 2 is 2.28 bits per heavy atom. The number of hydrogen-bond donors (Lipinski definition) is 0. The van der Waals surface area contributed by atoms with E-state index in [-0.39, 0.29) is 5.60 Å². The third-order valence-corrected chi connectivity index (χ3v) is 4.10. The van der Waals surface area contributed by atoms with Crippen LogP contribution in [0.15, 0.2) is 12.1 Å². The second-order valence-corrected chi connectivity index (χ2v) is 5.59. The van der Waals surface area contributed by atoms with Crippen LogP contribution in [0.2, 0.25) is 5.02 Å². The van der Waals surface area contributed by atoms with Gasteiger partial charge in [-0.3, -0.25) is 0 Å². The molecule has 1 atom stereocenters. The Morgan fingerprint density at radius 3 is 2.94 bits per heavy atom. The molecule has 0 saturated carbocycles. The van der Waals surface area contributed by atoms with Crippen LogP contribution >= 0.6 is 23.2 Å². The molecule has 5 heteroatoms. The molecule has 2 heterocycles. The van der Waals surface area contributed by atoms with Crippen LogP contribution < -0.4 is 4.90 Å². The van der Waals surface area contributed by atoms with Crippen molar-refractivity contribution in [2.75, 3.05) is 25.1 Å². The molecule has 100 valence electrons. The molecule has 1 fully saturated rings. The highest BCUT2D eigenvalue weighted by molar-refractivity contribution is 6.32. The van der Waals surface area contributed by atoms with Gasteiger partial charge in [-0.05, 0) is 31.9 Å². The van der Waals surface area contributed by atoms with Crippen molar-refractivity contribution < 1.29 is 4.74 Å². The summed E-state index contributed by atoms with van der Waals surface area (Å²) in [5.41, 5.74) is 0.640. The predicted molar refractivity (Wildman–Crippen MR) is 75.7 cm³/mol. The van der Waals surface area contributed by atoms with Gasteiger partial charge in [0.15, 0.2) is 0 Å². The van der Waals surface area contributed by atoms with Crippen LogP contribution in [0.5, 0.6) is 0 Å². The van der Waals surface area contributed by atoms with Crippen LogP contribution in [0.4, 0.5) is 5.82 Å². The number of piperidine rings is 1. The van der Waals surface area contributed by atoms with Gasteiger partial charge in [-0.1, -0.05) is 11.6 Å². The average Bonchev–Trinajstić information content (AvgIpc) is 2.39. The van der Waals surface area contributed by atoms with E-state index < -0.39 is 0 Å². The molecule has 0 spiro atoms. The summed E-state index contributed by atoms with van der Waals surface area (Å²) in [7, 11) is 1.77. The zero-order valence-corrected chi connectivity index (χ0v) is 12.3. The lowest BCUT2D eigenvalue weighted by Gasteiger charge is -2.40. The summed E-state index contributed by atoms with van der Waals surface area (Å²) in [6.45, 7) is 3.98. The molecule has 18 heavy (non-hydrogen) atoms. The molecule has 0 aliphatic carbocycles. The van der Waals surface area contributed by atoms with E-state index in [2.05, 4.69) is 16.8 Å². The fraction of sp³-hybridized carbons (Fsp3) is 0.615. The number of rotatable bonds is 3. The van der Waals surface area contributed by atoms with Gasteiger partial charge < -0.3 is 9.64 Å². The number of nitrogens with zero attached hydrogens (tertiary/aromatic N) is 2. The summed E-state index contributed by atoms with van der Waals surface area (Å²) < 4.78 is 5.59. The molecule has 1 aromatic heterocycles. The predicted octanol–water partition coefficient (Wildman–Crippen LogP) is 3.48. The van der Waals surface area contributed by atoms with Gasteiger partial charge in [-0.25, -0.2) is 4.98 Å². The van der Waals surface area contributed by atoms with E-state index in [0.717, 1.165) is 37.4 Å². The minimum atomic E-state index is -0.0965. The number of pyridine rings is 1. The van der Waals surface area contributed by atoms with Crippen molar-refractivity contribution in [1.29, 1.82) is 0 Å². The standard InChI is InChI=1S/C13H18Cl2N2O/c1-13(18-2)6-3-7-17(9-13)12-5-4-10(15)11(8-14)16-12/h4-5H,3,6-9H2,1-2H3. The van der Waals surface area contributed by atoms with Crippen LogP contribution in [0, 0.1) is 0 Å². The lowest BCUT2D eigenvalue weighted by molar-refractivity contribution is -0.00481. The Hall–Kier alpha value is -0.510.